The first kappa shape index (κ1) is 11.6. The van der Waals surface area contributed by atoms with E-state index in [0.29, 0.717) is 16.2 Å². The van der Waals surface area contributed by atoms with E-state index in [-0.39, 0.29) is 0 Å². The Labute approximate surface area is 93.7 Å². The lowest BCUT2D eigenvalue weighted by Gasteiger charge is -2.08. The van der Waals surface area contributed by atoms with Crippen molar-refractivity contribution in [2.45, 2.75) is 18.6 Å². The minimum Gasteiger partial charge on any atom is -0.354 e. The van der Waals surface area contributed by atoms with Gasteiger partial charge in [-0.15, -0.1) is 0 Å². The highest BCUT2D eigenvalue weighted by Crippen LogP contribution is 2.10. The van der Waals surface area contributed by atoms with E-state index in [4.69, 9.17) is 11.6 Å². The number of nitrogens with one attached hydrogen (secondary N) is 1. The lowest BCUT2D eigenvalue weighted by molar-refractivity contribution is 0.844. The Bertz CT molecular complexity index is 265. The average molecular weight is 232 g/mol. The summed E-state index contributed by atoms with van der Waals surface area (Å²) in [6.45, 7) is 3.10. The Hall–Kier alpha value is -0.480. The van der Waals surface area contributed by atoms with Gasteiger partial charge in [-0.3, -0.25) is 0 Å². The molecule has 0 aliphatic rings. The summed E-state index contributed by atoms with van der Waals surface area (Å²) in [5.74, 6) is 0.641. The van der Waals surface area contributed by atoms with Gasteiger partial charge in [0.05, 0.1) is 17.4 Å². The van der Waals surface area contributed by atoms with Gasteiger partial charge >= 0.3 is 0 Å². The highest BCUT2D eigenvalue weighted by molar-refractivity contribution is 7.99. The van der Waals surface area contributed by atoms with Crippen LogP contribution in [0.3, 0.4) is 0 Å². The van der Waals surface area contributed by atoms with Crippen LogP contribution in [0, 0.1) is 0 Å². The fraction of sp³-hybridized carbons (Fsp3) is 0.556. The number of hydrogen-bond donors (Lipinski definition) is 1. The zero-order chi connectivity index (χ0) is 10.4. The summed E-state index contributed by atoms with van der Waals surface area (Å²) in [6, 6.07) is 0. The molecule has 0 saturated heterocycles. The molecular formula is C9H14ClN3S. The van der Waals surface area contributed by atoms with Crippen molar-refractivity contribution < 1.29 is 0 Å². The maximum Gasteiger partial charge on any atom is 0.222 e. The predicted octanol–water partition coefficient (Wildman–Crippen LogP) is 2.68. The summed E-state index contributed by atoms with van der Waals surface area (Å²) < 4.78 is 0. The zero-order valence-electron chi connectivity index (χ0n) is 8.33. The van der Waals surface area contributed by atoms with E-state index in [1.807, 2.05) is 11.8 Å². The number of rotatable bonds is 5. The highest BCUT2D eigenvalue weighted by Gasteiger charge is 1.99. The van der Waals surface area contributed by atoms with Gasteiger partial charge in [0.15, 0.2) is 0 Å². The van der Waals surface area contributed by atoms with E-state index >= 15 is 0 Å². The number of nitrogens with zero attached hydrogens (tertiary/aromatic N) is 2. The lowest BCUT2D eigenvalue weighted by atomic mass is 10.3. The SMILES string of the molecule is CSC(C)CCNc1ncc(Cl)cn1. The van der Waals surface area contributed by atoms with E-state index in [2.05, 4.69) is 28.5 Å². The molecule has 1 heterocycles. The maximum absolute atomic E-state index is 5.66. The Morgan fingerprint density at radius 3 is 2.71 bits per heavy atom. The van der Waals surface area contributed by atoms with Crippen molar-refractivity contribution in [3.8, 4) is 0 Å². The van der Waals surface area contributed by atoms with Crippen LogP contribution in [0.15, 0.2) is 12.4 Å². The molecule has 3 nitrogen and oxygen atoms in total. The molecule has 0 fully saturated rings. The van der Waals surface area contributed by atoms with Crippen LogP contribution in [0.4, 0.5) is 5.95 Å². The molecular weight excluding hydrogens is 218 g/mol. The topological polar surface area (TPSA) is 37.8 Å². The molecule has 14 heavy (non-hydrogen) atoms. The molecule has 0 spiro atoms. The first-order valence-electron chi connectivity index (χ1n) is 4.46. The van der Waals surface area contributed by atoms with Gasteiger partial charge in [0.1, 0.15) is 0 Å². The quantitative estimate of drug-likeness (QED) is 0.846. The number of anilines is 1. The molecule has 5 heteroatoms. The van der Waals surface area contributed by atoms with Crippen molar-refractivity contribution in [3.05, 3.63) is 17.4 Å². The second kappa shape index (κ2) is 6.09. The van der Waals surface area contributed by atoms with Crippen LogP contribution in [-0.4, -0.2) is 28.0 Å². The number of hydrogen-bond acceptors (Lipinski definition) is 4. The summed E-state index contributed by atoms with van der Waals surface area (Å²) in [5, 5.41) is 4.37. The molecule has 0 radical (unpaired) electrons. The summed E-state index contributed by atoms with van der Waals surface area (Å²) >= 11 is 7.52. The molecule has 0 amide bonds. The average Bonchev–Trinajstić information content (AvgIpc) is 2.21. The van der Waals surface area contributed by atoms with Gasteiger partial charge in [0.25, 0.3) is 0 Å². The largest absolute Gasteiger partial charge is 0.354 e. The minimum atomic E-state index is 0.563. The van der Waals surface area contributed by atoms with Crippen molar-refractivity contribution in [3.63, 3.8) is 0 Å². The van der Waals surface area contributed by atoms with Crippen molar-refractivity contribution in [2.24, 2.45) is 0 Å². The van der Waals surface area contributed by atoms with E-state index < -0.39 is 0 Å². The van der Waals surface area contributed by atoms with Crippen LogP contribution in [-0.2, 0) is 0 Å². The summed E-state index contributed by atoms with van der Waals surface area (Å²) in [5.41, 5.74) is 0. The standard InChI is InChI=1S/C9H14ClN3S/c1-7(14-2)3-4-11-9-12-5-8(10)6-13-9/h5-7H,3-4H2,1-2H3,(H,11,12,13). The van der Waals surface area contributed by atoms with E-state index in [9.17, 15) is 0 Å². The van der Waals surface area contributed by atoms with Crippen molar-refractivity contribution in [1.82, 2.24) is 9.97 Å². The van der Waals surface area contributed by atoms with Crippen LogP contribution >= 0.6 is 23.4 Å². The molecule has 0 aliphatic heterocycles. The predicted molar refractivity (Wildman–Crippen MR) is 63.1 cm³/mol. The summed E-state index contributed by atoms with van der Waals surface area (Å²) in [6.07, 6.45) is 6.40. The second-order valence-corrected chi connectivity index (χ2v) is 4.70. The van der Waals surface area contributed by atoms with Gasteiger partial charge in [-0.2, -0.15) is 11.8 Å². The van der Waals surface area contributed by atoms with Crippen molar-refractivity contribution in [2.75, 3.05) is 18.1 Å². The van der Waals surface area contributed by atoms with Gasteiger partial charge in [0, 0.05) is 11.8 Å². The summed E-state index contributed by atoms with van der Waals surface area (Å²) in [7, 11) is 0. The first-order valence-corrected chi connectivity index (χ1v) is 6.13. The Morgan fingerprint density at radius 2 is 2.14 bits per heavy atom. The van der Waals surface area contributed by atoms with E-state index in [0.717, 1.165) is 13.0 Å². The number of thioether (sulfide) groups is 1. The third kappa shape index (κ3) is 4.15. The molecule has 1 aromatic rings. The zero-order valence-corrected chi connectivity index (χ0v) is 9.90. The molecule has 0 bridgehead atoms. The molecule has 0 aromatic carbocycles. The highest BCUT2D eigenvalue weighted by atomic mass is 35.5. The van der Waals surface area contributed by atoms with Gasteiger partial charge in [-0.25, -0.2) is 9.97 Å². The molecule has 0 saturated carbocycles. The van der Waals surface area contributed by atoms with Crippen molar-refractivity contribution in [1.29, 1.82) is 0 Å². The minimum absolute atomic E-state index is 0.563. The Balaban J connectivity index is 2.28. The van der Waals surface area contributed by atoms with E-state index in [1.54, 1.807) is 12.4 Å². The molecule has 1 N–H and O–H groups in total. The number of aromatic nitrogens is 2. The number of halogens is 1. The monoisotopic (exact) mass is 231 g/mol. The van der Waals surface area contributed by atoms with Crippen molar-refractivity contribution >= 4 is 29.3 Å². The molecule has 1 unspecified atom stereocenters. The summed E-state index contributed by atoms with van der Waals surface area (Å²) in [4.78, 5) is 8.08. The Morgan fingerprint density at radius 1 is 1.50 bits per heavy atom. The fourth-order valence-corrected chi connectivity index (χ4v) is 1.36. The fourth-order valence-electron chi connectivity index (χ4n) is 0.909. The molecule has 1 rings (SSSR count). The first-order chi connectivity index (χ1) is 6.72. The van der Waals surface area contributed by atoms with Crippen LogP contribution in [0.5, 0.6) is 0 Å². The third-order valence-electron chi connectivity index (χ3n) is 1.86. The smallest absolute Gasteiger partial charge is 0.222 e. The Kier molecular flexibility index (Phi) is 5.04. The van der Waals surface area contributed by atoms with Gasteiger partial charge in [-0.05, 0) is 12.7 Å². The maximum atomic E-state index is 5.66. The van der Waals surface area contributed by atoms with Gasteiger partial charge in [0.2, 0.25) is 5.95 Å². The van der Waals surface area contributed by atoms with Crippen LogP contribution in [0.2, 0.25) is 5.02 Å². The normalized spacial score (nSPS) is 12.5. The van der Waals surface area contributed by atoms with Gasteiger partial charge in [-0.1, -0.05) is 18.5 Å². The second-order valence-electron chi connectivity index (χ2n) is 2.99. The van der Waals surface area contributed by atoms with Crippen LogP contribution in [0.25, 0.3) is 0 Å². The van der Waals surface area contributed by atoms with Crippen LogP contribution in [0.1, 0.15) is 13.3 Å². The van der Waals surface area contributed by atoms with Crippen LogP contribution < -0.4 is 5.32 Å². The molecule has 0 aliphatic carbocycles. The molecule has 1 aromatic heterocycles. The molecule has 78 valence electrons. The molecule has 1 atom stereocenters. The third-order valence-corrected chi connectivity index (χ3v) is 3.09. The van der Waals surface area contributed by atoms with Gasteiger partial charge < -0.3 is 5.32 Å². The van der Waals surface area contributed by atoms with E-state index in [1.165, 1.54) is 0 Å². The lowest BCUT2D eigenvalue weighted by Crippen LogP contribution is -2.09.